The van der Waals surface area contributed by atoms with Gasteiger partial charge in [-0.1, -0.05) is 0 Å². The van der Waals surface area contributed by atoms with Crippen LogP contribution in [0.5, 0.6) is 0 Å². The van der Waals surface area contributed by atoms with Crippen LogP contribution in [0.3, 0.4) is 0 Å². The van der Waals surface area contributed by atoms with Crippen molar-refractivity contribution in [3.63, 3.8) is 0 Å². The monoisotopic (exact) mass is 207 g/mol. The molecule has 1 saturated heterocycles. The van der Waals surface area contributed by atoms with Crippen LogP contribution < -0.4 is 0 Å². The van der Waals surface area contributed by atoms with E-state index in [9.17, 15) is 4.79 Å². The predicted molar refractivity (Wildman–Crippen MR) is 54.4 cm³/mol. The molecule has 4 heteroatoms. The molecule has 0 aromatic heterocycles. The van der Waals surface area contributed by atoms with E-state index in [-0.39, 0.29) is 24.0 Å². The zero-order chi connectivity index (χ0) is 9.35. The topological polar surface area (TPSA) is 40.5 Å². The van der Waals surface area contributed by atoms with Gasteiger partial charge in [-0.2, -0.15) is 0 Å². The summed E-state index contributed by atoms with van der Waals surface area (Å²) in [5, 5.41) is 8.91. The van der Waals surface area contributed by atoms with E-state index < -0.39 is 5.97 Å². The van der Waals surface area contributed by atoms with E-state index >= 15 is 0 Å². The molecule has 1 aliphatic rings. The molecule has 0 amide bonds. The first-order valence-corrected chi connectivity index (χ1v) is 4.42. The number of hydrogen-bond donors (Lipinski definition) is 1. The lowest BCUT2D eigenvalue weighted by molar-refractivity contribution is -0.143. The van der Waals surface area contributed by atoms with Gasteiger partial charge in [-0.15, -0.1) is 12.4 Å². The molecule has 0 aromatic carbocycles. The summed E-state index contributed by atoms with van der Waals surface area (Å²) in [6, 6.07) is -0.259. The Morgan fingerprint density at radius 2 is 2.00 bits per heavy atom. The first kappa shape index (κ1) is 12.7. The fraction of sp³-hybridized carbons (Fsp3) is 0.889. The molecule has 1 aliphatic heterocycles. The Morgan fingerprint density at radius 1 is 1.46 bits per heavy atom. The van der Waals surface area contributed by atoms with Gasteiger partial charge in [0.2, 0.25) is 0 Å². The number of aliphatic carboxylic acids is 1. The van der Waals surface area contributed by atoms with E-state index in [1.807, 2.05) is 0 Å². The highest BCUT2D eigenvalue weighted by atomic mass is 35.5. The largest absolute Gasteiger partial charge is 0.480 e. The third kappa shape index (κ3) is 2.85. The van der Waals surface area contributed by atoms with Crippen molar-refractivity contribution in [3.8, 4) is 0 Å². The molecule has 1 rings (SSSR count). The van der Waals surface area contributed by atoms with Gasteiger partial charge in [0.25, 0.3) is 0 Å². The molecule has 0 radical (unpaired) electrons. The molecule has 13 heavy (non-hydrogen) atoms. The molecule has 0 spiro atoms. The minimum atomic E-state index is -0.678. The van der Waals surface area contributed by atoms with Crippen molar-refractivity contribution in [2.24, 2.45) is 0 Å². The van der Waals surface area contributed by atoms with E-state index in [1.165, 1.54) is 0 Å². The fourth-order valence-corrected chi connectivity index (χ4v) is 1.83. The van der Waals surface area contributed by atoms with Gasteiger partial charge in [-0.05, 0) is 40.2 Å². The van der Waals surface area contributed by atoms with E-state index in [0.717, 1.165) is 19.4 Å². The SMILES string of the molecule is CC(C)(C)N1CCC[C@H]1C(=O)O.Cl. The second kappa shape index (κ2) is 4.29. The van der Waals surface area contributed by atoms with Crippen LogP contribution >= 0.6 is 12.4 Å². The van der Waals surface area contributed by atoms with Crippen LogP contribution in [-0.2, 0) is 4.79 Å². The standard InChI is InChI=1S/C9H17NO2.ClH/c1-9(2,3)10-6-4-5-7(10)8(11)12;/h7H,4-6H2,1-3H3,(H,11,12);1H/t7-;/m0./s1. The van der Waals surface area contributed by atoms with Crippen LogP contribution in [0.1, 0.15) is 33.6 Å². The van der Waals surface area contributed by atoms with Crippen molar-refractivity contribution in [2.75, 3.05) is 6.54 Å². The number of rotatable bonds is 1. The number of carbonyl (C=O) groups is 1. The normalized spacial score (nSPS) is 24.1. The van der Waals surface area contributed by atoms with Gasteiger partial charge in [-0.25, -0.2) is 0 Å². The molecule has 0 aliphatic carbocycles. The zero-order valence-corrected chi connectivity index (χ0v) is 9.23. The van der Waals surface area contributed by atoms with Crippen LogP contribution in [-0.4, -0.2) is 34.1 Å². The number of likely N-dealkylation sites (tertiary alicyclic amines) is 1. The Kier molecular flexibility index (Phi) is 4.20. The maximum Gasteiger partial charge on any atom is 0.320 e. The van der Waals surface area contributed by atoms with E-state index in [4.69, 9.17) is 5.11 Å². The highest BCUT2D eigenvalue weighted by Gasteiger charge is 2.36. The zero-order valence-electron chi connectivity index (χ0n) is 8.41. The number of nitrogens with zero attached hydrogens (tertiary/aromatic N) is 1. The fourth-order valence-electron chi connectivity index (χ4n) is 1.83. The number of carboxylic acids is 1. The molecule has 1 atom stereocenters. The molecule has 1 N–H and O–H groups in total. The van der Waals surface area contributed by atoms with Gasteiger partial charge in [0.1, 0.15) is 6.04 Å². The molecule has 1 heterocycles. The quantitative estimate of drug-likeness (QED) is 0.713. The second-order valence-corrected chi connectivity index (χ2v) is 4.36. The van der Waals surface area contributed by atoms with Crippen molar-refractivity contribution in [1.82, 2.24) is 4.90 Å². The molecule has 0 aromatic rings. The summed E-state index contributed by atoms with van der Waals surface area (Å²) in [7, 11) is 0. The van der Waals surface area contributed by atoms with Gasteiger partial charge in [-0.3, -0.25) is 9.69 Å². The molecule has 1 fully saturated rings. The summed E-state index contributed by atoms with van der Waals surface area (Å²) in [5.74, 6) is -0.678. The first-order chi connectivity index (χ1) is 5.43. The van der Waals surface area contributed by atoms with Gasteiger partial charge in [0.15, 0.2) is 0 Å². The van der Waals surface area contributed by atoms with Gasteiger partial charge < -0.3 is 5.11 Å². The van der Waals surface area contributed by atoms with Crippen molar-refractivity contribution >= 4 is 18.4 Å². The van der Waals surface area contributed by atoms with Crippen molar-refractivity contribution < 1.29 is 9.90 Å². The molecular weight excluding hydrogens is 190 g/mol. The summed E-state index contributed by atoms with van der Waals surface area (Å²) in [5.41, 5.74) is -0.0143. The molecule has 78 valence electrons. The van der Waals surface area contributed by atoms with Gasteiger partial charge in [0, 0.05) is 5.54 Å². The second-order valence-electron chi connectivity index (χ2n) is 4.36. The summed E-state index contributed by atoms with van der Waals surface area (Å²) in [6.07, 6.45) is 1.81. The molecule has 3 nitrogen and oxygen atoms in total. The van der Waals surface area contributed by atoms with E-state index in [2.05, 4.69) is 25.7 Å². The highest BCUT2D eigenvalue weighted by molar-refractivity contribution is 5.85. The highest BCUT2D eigenvalue weighted by Crippen LogP contribution is 2.26. The molecule has 0 unspecified atom stereocenters. The lowest BCUT2D eigenvalue weighted by atomic mass is 10.0. The molecule has 0 saturated carbocycles. The van der Waals surface area contributed by atoms with E-state index in [0.29, 0.717) is 0 Å². The Bertz CT molecular complexity index is 189. The first-order valence-electron chi connectivity index (χ1n) is 4.42. The van der Waals surface area contributed by atoms with E-state index in [1.54, 1.807) is 0 Å². The predicted octanol–water partition coefficient (Wildman–Crippen LogP) is 1.76. The van der Waals surface area contributed by atoms with Crippen LogP contribution in [0.2, 0.25) is 0 Å². The molecular formula is C9H18ClNO2. The Labute approximate surface area is 85.5 Å². The number of hydrogen-bond acceptors (Lipinski definition) is 2. The Morgan fingerprint density at radius 3 is 2.31 bits per heavy atom. The minimum Gasteiger partial charge on any atom is -0.480 e. The lowest BCUT2D eigenvalue weighted by Gasteiger charge is -2.34. The van der Waals surface area contributed by atoms with Gasteiger partial charge in [0.05, 0.1) is 0 Å². The van der Waals surface area contributed by atoms with Crippen LogP contribution in [0.15, 0.2) is 0 Å². The minimum absolute atomic E-state index is 0. The van der Waals surface area contributed by atoms with Crippen LogP contribution in [0, 0.1) is 0 Å². The average molecular weight is 208 g/mol. The van der Waals surface area contributed by atoms with Crippen molar-refractivity contribution in [3.05, 3.63) is 0 Å². The number of carboxylic acid groups (broad SMARTS) is 1. The Hall–Kier alpha value is -0.280. The maximum absolute atomic E-state index is 10.8. The van der Waals surface area contributed by atoms with Gasteiger partial charge >= 0.3 is 5.97 Å². The molecule has 0 bridgehead atoms. The average Bonchev–Trinajstić information content (AvgIpc) is 2.30. The summed E-state index contributed by atoms with van der Waals surface area (Å²) in [4.78, 5) is 12.9. The summed E-state index contributed by atoms with van der Waals surface area (Å²) >= 11 is 0. The lowest BCUT2D eigenvalue weighted by Crippen LogP contribution is -2.47. The maximum atomic E-state index is 10.8. The Balaban J connectivity index is 0.00000144. The van der Waals surface area contributed by atoms with Crippen LogP contribution in [0.4, 0.5) is 0 Å². The third-order valence-electron chi connectivity index (χ3n) is 2.40. The summed E-state index contributed by atoms with van der Waals surface area (Å²) < 4.78 is 0. The smallest absolute Gasteiger partial charge is 0.320 e. The summed E-state index contributed by atoms with van der Waals surface area (Å²) in [6.45, 7) is 7.11. The third-order valence-corrected chi connectivity index (χ3v) is 2.40. The van der Waals surface area contributed by atoms with Crippen LogP contribution in [0.25, 0.3) is 0 Å². The number of halogens is 1. The van der Waals surface area contributed by atoms with Crippen molar-refractivity contribution in [2.45, 2.75) is 45.2 Å². The van der Waals surface area contributed by atoms with Crippen molar-refractivity contribution in [1.29, 1.82) is 0 Å².